The predicted octanol–water partition coefficient (Wildman–Crippen LogP) is 3.68. The van der Waals surface area contributed by atoms with Gasteiger partial charge in [-0.3, -0.25) is 9.52 Å². The number of nitrogens with one attached hydrogen (secondary N) is 1. The Bertz CT molecular complexity index is 783. The molecule has 0 spiro atoms. The minimum Gasteiger partial charge on any atom is -0.298 e. The summed E-state index contributed by atoms with van der Waals surface area (Å²) in [5.41, 5.74) is 2.26. The van der Waals surface area contributed by atoms with Crippen LogP contribution in [0.2, 0.25) is 0 Å². The van der Waals surface area contributed by atoms with Gasteiger partial charge < -0.3 is 0 Å². The highest BCUT2D eigenvalue weighted by atomic mass is 79.9. The summed E-state index contributed by atoms with van der Waals surface area (Å²) in [6, 6.07) is 9.84. The highest BCUT2D eigenvalue weighted by Crippen LogP contribution is 2.26. The molecule has 0 aromatic heterocycles. The fourth-order valence-electron chi connectivity index (χ4n) is 1.92. The van der Waals surface area contributed by atoms with Crippen molar-refractivity contribution in [1.29, 1.82) is 0 Å². The molecule has 0 bridgehead atoms. The summed E-state index contributed by atoms with van der Waals surface area (Å²) in [4.78, 5) is 11.3. The van der Waals surface area contributed by atoms with Gasteiger partial charge in [-0.2, -0.15) is 0 Å². The first kappa shape index (κ1) is 15.7. The Morgan fingerprint density at radius 2 is 1.71 bits per heavy atom. The maximum Gasteiger partial charge on any atom is 0.261 e. The third-order valence-electron chi connectivity index (χ3n) is 3.05. The van der Waals surface area contributed by atoms with E-state index in [1.54, 1.807) is 31.2 Å². The molecule has 0 heterocycles. The van der Waals surface area contributed by atoms with Crippen LogP contribution >= 0.6 is 15.9 Å². The molecule has 1 N–H and O–H groups in total. The molecule has 21 heavy (non-hydrogen) atoms. The Morgan fingerprint density at radius 3 is 2.29 bits per heavy atom. The normalized spacial score (nSPS) is 11.2. The first-order chi connectivity index (χ1) is 9.83. The lowest BCUT2D eigenvalue weighted by molar-refractivity contribution is 0.112. The van der Waals surface area contributed by atoms with Crippen molar-refractivity contribution in [1.82, 2.24) is 0 Å². The van der Waals surface area contributed by atoms with E-state index in [1.807, 2.05) is 6.92 Å². The number of rotatable bonds is 4. The number of carbonyl (C=O) groups is 1. The number of sulfonamides is 1. The molecule has 0 unspecified atom stereocenters. The van der Waals surface area contributed by atoms with Gasteiger partial charge in [-0.25, -0.2) is 8.42 Å². The standard InChI is InChI=1S/C15H14BrNO3S/c1-10-3-5-13(6-4-10)21(19,20)17-15-8-12(16)7-11(2)14(15)9-18/h3-9,17H,1-2H3. The van der Waals surface area contributed by atoms with E-state index >= 15 is 0 Å². The van der Waals surface area contributed by atoms with Crippen LogP contribution in [0.1, 0.15) is 21.5 Å². The molecule has 110 valence electrons. The highest BCUT2D eigenvalue weighted by Gasteiger charge is 2.17. The first-order valence-electron chi connectivity index (χ1n) is 6.18. The van der Waals surface area contributed by atoms with Gasteiger partial charge in [-0.1, -0.05) is 33.6 Å². The van der Waals surface area contributed by atoms with Gasteiger partial charge in [-0.05, 0) is 43.7 Å². The van der Waals surface area contributed by atoms with E-state index in [-0.39, 0.29) is 10.6 Å². The molecule has 0 aliphatic rings. The predicted molar refractivity (Wildman–Crippen MR) is 86.3 cm³/mol. The maximum atomic E-state index is 12.4. The van der Waals surface area contributed by atoms with Crippen molar-refractivity contribution >= 4 is 37.9 Å². The van der Waals surface area contributed by atoms with E-state index in [2.05, 4.69) is 20.7 Å². The maximum absolute atomic E-state index is 12.4. The third kappa shape index (κ3) is 3.51. The van der Waals surface area contributed by atoms with E-state index in [4.69, 9.17) is 0 Å². The van der Waals surface area contributed by atoms with Crippen molar-refractivity contribution in [2.45, 2.75) is 18.7 Å². The van der Waals surface area contributed by atoms with Crippen LogP contribution in [0.25, 0.3) is 0 Å². The lowest BCUT2D eigenvalue weighted by atomic mass is 10.1. The van der Waals surface area contributed by atoms with Crippen LogP contribution < -0.4 is 4.72 Å². The number of halogens is 1. The molecule has 2 aromatic rings. The van der Waals surface area contributed by atoms with Crippen molar-refractivity contribution in [2.24, 2.45) is 0 Å². The van der Waals surface area contributed by atoms with Gasteiger partial charge in [0.2, 0.25) is 0 Å². The molecule has 0 saturated heterocycles. The average molecular weight is 368 g/mol. The summed E-state index contributed by atoms with van der Waals surface area (Å²) >= 11 is 3.30. The lowest BCUT2D eigenvalue weighted by Crippen LogP contribution is -2.14. The Kier molecular flexibility index (Phi) is 4.49. The van der Waals surface area contributed by atoms with Crippen molar-refractivity contribution in [3.05, 3.63) is 57.6 Å². The van der Waals surface area contributed by atoms with Crippen LogP contribution in [0.3, 0.4) is 0 Å². The second-order valence-electron chi connectivity index (χ2n) is 4.72. The fraction of sp³-hybridized carbons (Fsp3) is 0.133. The second kappa shape index (κ2) is 5.99. The molecule has 0 fully saturated rings. The smallest absolute Gasteiger partial charge is 0.261 e. The quantitative estimate of drug-likeness (QED) is 0.838. The summed E-state index contributed by atoms with van der Waals surface area (Å²) in [5, 5.41) is 0. The summed E-state index contributed by atoms with van der Waals surface area (Å²) in [5.74, 6) is 0. The molecule has 0 aliphatic heterocycles. The van der Waals surface area contributed by atoms with Crippen molar-refractivity contribution in [2.75, 3.05) is 4.72 Å². The molecule has 2 aromatic carbocycles. The van der Waals surface area contributed by atoms with Crippen molar-refractivity contribution < 1.29 is 13.2 Å². The molecule has 0 radical (unpaired) electrons. The lowest BCUT2D eigenvalue weighted by Gasteiger charge is -2.12. The number of anilines is 1. The summed E-state index contributed by atoms with van der Waals surface area (Å²) < 4.78 is 27.9. The molecule has 4 nitrogen and oxygen atoms in total. The minimum absolute atomic E-state index is 0.155. The van der Waals surface area contributed by atoms with Gasteiger partial charge in [0, 0.05) is 10.0 Å². The van der Waals surface area contributed by atoms with Crippen LogP contribution in [-0.4, -0.2) is 14.7 Å². The average Bonchev–Trinajstić information content (AvgIpc) is 2.38. The van der Waals surface area contributed by atoms with Crippen LogP contribution in [0, 0.1) is 13.8 Å². The Morgan fingerprint density at radius 1 is 1.10 bits per heavy atom. The first-order valence-corrected chi connectivity index (χ1v) is 8.46. The molecular formula is C15H14BrNO3S. The van der Waals surface area contributed by atoms with Gasteiger partial charge in [-0.15, -0.1) is 0 Å². The zero-order valence-electron chi connectivity index (χ0n) is 11.6. The SMILES string of the molecule is Cc1ccc(S(=O)(=O)Nc2cc(Br)cc(C)c2C=O)cc1. The van der Waals surface area contributed by atoms with E-state index < -0.39 is 10.0 Å². The molecule has 2 rings (SSSR count). The van der Waals surface area contributed by atoms with Crippen LogP contribution in [0.4, 0.5) is 5.69 Å². The second-order valence-corrected chi connectivity index (χ2v) is 7.32. The van der Waals surface area contributed by atoms with E-state index in [0.717, 1.165) is 5.56 Å². The number of aryl methyl sites for hydroxylation is 2. The molecule has 0 saturated carbocycles. The van der Waals surface area contributed by atoms with E-state index in [0.29, 0.717) is 21.9 Å². The minimum atomic E-state index is -3.73. The molecule has 0 aliphatic carbocycles. The zero-order valence-corrected chi connectivity index (χ0v) is 14.0. The van der Waals surface area contributed by atoms with Gasteiger partial charge in [0.05, 0.1) is 10.6 Å². The topological polar surface area (TPSA) is 63.2 Å². The number of hydrogen-bond acceptors (Lipinski definition) is 3. The summed E-state index contributed by atoms with van der Waals surface area (Å²) in [6.45, 7) is 3.63. The molecular weight excluding hydrogens is 354 g/mol. The molecule has 6 heteroatoms. The Hall–Kier alpha value is -1.66. The summed E-state index contributed by atoms with van der Waals surface area (Å²) in [6.07, 6.45) is 0.648. The zero-order chi connectivity index (χ0) is 15.6. The number of carbonyl (C=O) groups excluding carboxylic acids is 1. The van der Waals surface area contributed by atoms with E-state index in [9.17, 15) is 13.2 Å². The fourth-order valence-corrected chi connectivity index (χ4v) is 3.56. The molecule has 0 atom stereocenters. The van der Waals surface area contributed by atoms with Crippen molar-refractivity contribution in [3.8, 4) is 0 Å². The summed E-state index contributed by atoms with van der Waals surface area (Å²) in [7, 11) is -3.73. The largest absolute Gasteiger partial charge is 0.298 e. The van der Waals surface area contributed by atoms with Gasteiger partial charge >= 0.3 is 0 Å². The monoisotopic (exact) mass is 367 g/mol. The highest BCUT2D eigenvalue weighted by molar-refractivity contribution is 9.10. The van der Waals surface area contributed by atoms with Crippen LogP contribution in [0.5, 0.6) is 0 Å². The van der Waals surface area contributed by atoms with Gasteiger partial charge in [0.25, 0.3) is 10.0 Å². The Balaban J connectivity index is 2.46. The molecule has 0 amide bonds. The van der Waals surface area contributed by atoms with Gasteiger partial charge in [0.15, 0.2) is 6.29 Å². The van der Waals surface area contributed by atoms with Crippen LogP contribution in [0.15, 0.2) is 45.8 Å². The van der Waals surface area contributed by atoms with E-state index in [1.165, 1.54) is 12.1 Å². The van der Waals surface area contributed by atoms with Gasteiger partial charge in [0.1, 0.15) is 0 Å². The number of aldehydes is 1. The van der Waals surface area contributed by atoms with Crippen molar-refractivity contribution in [3.63, 3.8) is 0 Å². The number of hydrogen-bond donors (Lipinski definition) is 1. The Labute approximate surface area is 132 Å². The number of benzene rings is 2. The third-order valence-corrected chi connectivity index (χ3v) is 4.88. The van der Waals surface area contributed by atoms with Crippen LogP contribution in [-0.2, 0) is 10.0 Å².